The highest BCUT2D eigenvalue weighted by molar-refractivity contribution is 5.40. The summed E-state index contributed by atoms with van der Waals surface area (Å²) in [6.45, 7) is 2.63. The van der Waals surface area contributed by atoms with E-state index in [9.17, 15) is 10.2 Å². The van der Waals surface area contributed by atoms with Crippen molar-refractivity contribution in [1.29, 1.82) is 0 Å². The summed E-state index contributed by atoms with van der Waals surface area (Å²) in [5, 5.41) is 19.1. The zero-order valence-electron chi connectivity index (χ0n) is 13.4. The normalized spacial score (nSPS) is 38.5. The highest BCUT2D eigenvalue weighted by Gasteiger charge is 2.52. The molecule has 4 atom stereocenters. The molecule has 2 nitrogen and oxygen atoms in total. The maximum atomic E-state index is 9.74. The van der Waals surface area contributed by atoms with Gasteiger partial charge in [0.2, 0.25) is 0 Å². The molecule has 3 aliphatic carbocycles. The molecule has 0 bridgehead atoms. The lowest BCUT2D eigenvalue weighted by molar-refractivity contribution is 0.0809. The minimum Gasteiger partial charge on any atom is -0.508 e. The molecule has 22 heavy (non-hydrogen) atoms. The van der Waals surface area contributed by atoms with Gasteiger partial charge in [0.15, 0.2) is 0 Å². The Bertz CT molecular complexity index is 618. The predicted molar refractivity (Wildman–Crippen MR) is 87.9 cm³/mol. The first-order chi connectivity index (χ1) is 10.6. The first kappa shape index (κ1) is 14.3. The largest absolute Gasteiger partial charge is 0.508 e. The van der Waals surface area contributed by atoms with E-state index in [1.807, 2.05) is 12.1 Å². The van der Waals surface area contributed by atoms with Gasteiger partial charge in [-0.25, -0.2) is 0 Å². The van der Waals surface area contributed by atoms with Crippen LogP contribution >= 0.6 is 0 Å². The summed E-state index contributed by atoms with van der Waals surface area (Å²) in [4.78, 5) is 0. The van der Waals surface area contributed by atoms with E-state index in [1.54, 1.807) is 0 Å². The molecule has 2 fully saturated rings. The quantitative estimate of drug-likeness (QED) is 0.764. The standard InChI is InChI=1S/C20H26O2/c1-20-10-8-17-16-6-4-15(22)12-13(16)2-5-18(17)19(20)7-3-14(20)9-11-21/h4,6,9,12,17-19,21-22H,2-3,5,7-8,10-11H2,1H3/b14-9+/t17?,18?,19?,20-/m1/s1. The van der Waals surface area contributed by atoms with Gasteiger partial charge in [-0.3, -0.25) is 0 Å². The van der Waals surface area contributed by atoms with Gasteiger partial charge in [0.1, 0.15) is 5.75 Å². The molecular formula is C20H26O2. The molecule has 4 rings (SSSR count). The molecule has 1 aromatic rings. The van der Waals surface area contributed by atoms with Gasteiger partial charge in [-0.2, -0.15) is 0 Å². The number of phenolic OH excluding ortho intramolecular Hbond substituents is 1. The molecule has 0 radical (unpaired) electrons. The summed E-state index contributed by atoms with van der Waals surface area (Å²) < 4.78 is 0. The Morgan fingerprint density at radius 1 is 1.23 bits per heavy atom. The fraction of sp³-hybridized carbons (Fsp3) is 0.600. The maximum absolute atomic E-state index is 9.74. The monoisotopic (exact) mass is 298 g/mol. The second-order valence-corrected chi connectivity index (χ2v) is 7.71. The summed E-state index contributed by atoms with van der Waals surface area (Å²) >= 11 is 0. The van der Waals surface area contributed by atoms with Crippen LogP contribution in [0.2, 0.25) is 0 Å². The van der Waals surface area contributed by atoms with Gasteiger partial charge < -0.3 is 10.2 Å². The number of aliphatic hydroxyl groups is 1. The van der Waals surface area contributed by atoms with Crippen molar-refractivity contribution in [2.75, 3.05) is 6.61 Å². The van der Waals surface area contributed by atoms with Crippen molar-refractivity contribution >= 4 is 0 Å². The van der Waals surface area contributed by atoms with Crippen molar-refractivity contribution in [2.24, 2.45) is 17.3 Å². The predicted octanol–water partition coefficient (Wildman–Crippen LogP) is 4.17. The number of aliphatic hydroxyl groups excluding tert-OH is 1. The lowest BCUT2D eigenvalue weighted by Crippen LogP contribution is -2.40. The number of hydrogen-bond donors (Lipinski definition) is 2. The number of aryl methyl sites for hydroxylation is 1. The molecule has 0 spiro atoms. The van der Waals surface area contributed by atoms with Crippen molar-refractivity contribution in [3.8, 4) is 5.75 Å². The molecule has 0 saturated heterocycles. The molecule has 0 amide bonds. The fourth-order valence-electron chi connectivity index (χ4n) is 5.86. The first-order valence-electron chi connectivity index (χ1n) is 8.75. The van der Waals surface area contributed by atoms with Crippen molar-refractivity contribution in [2.45, 2.75) is 51.4 Å². The van der Waals surface area contributed by atoms with Gasteiger partial charge in [-0.15, -0.1) is 0 Å². The number of hydrogen-bond acceptors (Lipinski definition) is 2. The zero-order chi connectivity index (χ0) is 15.3. The number of fused-ring (bicyclic) bond motifs is 5. The Morgan fingerprint density at radius 3 is 2.91 bits per heavy atom. The van der Waals surface area contributed by atoms with E-state index in [0.717, 1.165) is 18.3 Å². The van der Waals surface area contributed by atoms with E-state index in [4.69, 9.17) is 0 Å². The van der Waals surface area contributed by atoms with Crippen LogP contribution < -0.4 is 0 Å². The molecule has 2 heteroatoms. The summed E-state index contributed by atoms with van der Waals surface area (Å²) in [6, 6.07) is 6.01. The Labute approximate surface area is 132 Å². The van der Waals surface area contributed by atoms with Crippen molar-refractivity contribution in [3.63, 3.8) is 0 Å². The zero-order valence-corrected chi connectivity index (χ0v) is 13.4. The summed E-state index contributed by atoms with van der Waals surface area (Å²) in [5.74, 6) is 2.63. The third kappa shape index (κ3) is 1.96. The van der Waals surface area contributed by atoms with Crippen LogP contribution in [0.4, 0.5) is 0 Å². The molecule has 0 aromatic heterocycles. The third-order valence-electron chi connectivity index (χ3n) is 6.90. The van der Waals surface area contributed by atoms with Crippen LogP contribution in [-0.4, -0.2) is 16.8 Å². The molecule has 3 aliphatic rings. The van der Waals surface area contributed by atoms with Gasteiger partial charge in [-0.05, 0) is 85.0 Å². The van der Waals surface area contributed by atoms with Crippen molar-refractivity contribution < 1.29 is 10.2 Å². The van der Waals surface area contributed by atoms with Crippen LogP contribution in [0.25, 0.3) is 0 Å². The second-order valence-electron chi connectivity index (χ2n) is 7.71. The van der Waals surface area contributed by atoms with Crippen LogP contribution in [0, 0.1) is 17.3 Å². The molecule has 1 aromatic carbocycles. The van der Waals surface area contributed by atoms with E-state index in [1.165, 1.54) is 48.8 Å². The minimum atomic E-state index is 0.188. The summed E-state index contributed by atoms with van der Waals surface area (Å²) in [5.41, 5.74) is 4.69. The van der Waals surface area contributed by atoms with Crippen LogP contribution in [-0.2, 0) is 6.42 Å². The van der Waals surface area contributed by atoms with E-state index >= 15 is 0 Å². The first-order valence-corrected chi connectivity index (χ1v) is 8.75. The van der Waals surface area contributed by atoms with Crippen LogP contribution in [0.15, 0.2) is 29.8 Å². The average Bonchev–Trinajstić information content (AvgIpc) is 2.84. The molecule has 2 saturated carbocycles. The third-order valence-corrected chi connectivity index (χ3v) is 6.90. The van der Waals surface area contributed by atoms with Crippen LogP contribution in [0.1, 0.15) is 56.1 Å². The Morgan fingerprint density at radius 2 is 2.09 bits per heavy atom. The number of phenols is 1. The van der Waals surface area contributed by atoms with Crippen LogP contribution in [0.3, 0.4) is 0 Å². The van der Waals surface area contributed by atoms with Gasteiger partial charge in [-0.1, -0.05) is 24.6 Å². The lowest BCUT2D eigenvalue weighted by atomic mass is 9.55. The van der Waals surface area contributed by atoms with E-state index in [-0.39, 0.29) is 6.61 Å². The molecule has 0 heterocycles. The minimum absolute atomic E-state index is 0.188. The number of benzene rings is 1. The molecular weight excluding hydrogens is 272 g/mol. The van der Waals surface area contributed by atoms with E-state index in [0.29, 0.717) is 17.1 Å². The average molecular weight is 298 g/mol. The number of allylic oxidation sites excluding steroid dienone is 1. The second kappa shape index (κ2) is 5.13. The topological polar surface area (TPSA) is 40.5 Å². The Kier molecular flexibility index (Phi) is 3.34. The Balaban J connectivity index is 1.69. The van der Waals surface area contributed by atoms with Gasteiger partial charge in [0, 0.05) is 0 Å². The van der Waals surface area contributed by atoms with Gasteiger partial charge >= 0.3 is 0 Å². The Hall–Kier alpha value is -1.28. The van der Waals surface area contributed by atoms with E-state index in [2.05, 4.69) is 19.1 Å². The molecule has 118 valence electrons. The van der Waals surface area contributed by atoms with Crippen molar-refractivity contribution in [1.82, 2.24) is 0 Å². The lowest BCUT2D eigenvalue weighted by Gasteiger charge is -2.49. The van der Waals surface area contributed by atoms with Gasteiger partial charge in [0.05, 0.1) is 6.61 Å². The van der Waals surface area contributed by atoms with Crippen molar-refractivity contribution in [3.05, 3.63) is 41.0 Å². The number of rotatable bonds is 1. The highest BCUT2D eigenvalue weighted by atomic mass is 16.3. The van der Waals surface area contributed by atoms with E-state index < -0.39 is 0 Å². The SMILES string of the molecule is C[C@]12CCC3c4ccc(O)cc4CCC3C1CC/C2=C\CO. The fourth-order valence-corrected chi connectivity index (χ4v) is 5.86. The van der Waals surface area contributed by atoms with Gasteiger partial charge in [0.25, 0.3) is 0 Å². The summed E-state index contributed by atoms with van der Waals surface area (Å²) in [6.07, 6.45) is 9.40. The van der Waals surface area contributed by atoms with Crippen LogP contribution in [0.5, 0.6) is 5.75 Å². The molecule has 0 aliphatic heterocycles. The summed E-state index contributed by atoms with van der Waals surface area (Å²) in [7, 11) is 0. The molecule has 2 N–H and O–H groups in total. The molecule has 3 unspecified atom stereocenters. The number of aromatic hydroxyl groups is 1. The maximum Gasteiger partial charge on any atom is 0.115 e. The highest BCUT2D eigenvalue weighted by Crippen LogP contribution is 2.62. The smallest absolute Gasteiger partial charge is 0.115 e.